The van der Waals surface area contributed by atoms with Crippen LogP contribution in [0.1, 0.15) is 11.5 Å². The highest BCUT2D eigenvalue weighted by Gasteiger charge is 2.50. The number of aromatic nitrogens is 2. The van der Waals surface area contributed by atoms with Crippen LogP contribution in [-0.4, -0.2) is 68.5 Å². The molecule has 1 aliphatic heterocycles. The SMILES string of the molecule is Cc1noc(C)c1-c1ncc(O[C@@H]2OC(S(=O)(=O)O)[C@@H](O)[C@H](O)[C@H]2O)cc1F. The number of nitrogens with zero attached hydrogens (tertiary/aromatic N) is 2. The first-order chi connectivity index (χ1) is 13.0. The van der Waals surface area contributed by atoms with E-state index in [0.717, 1.165) is 12.3 Å². The van der Waals surface area contributed by atoms with Gasteiger partial charge in [-0.3, -0.25) is 4.55 Å². The van der Waals surface area contributed by atoms with Crippen molar-refractivity contribution in [3.8, 4) is 17.0 Å². The standard InChI is InChI=1S/C15H17FN2O9S/c1-5-9(6(2)27-18-5)10-8(16)3-7(4-17-10)25-14-12(20)11(19)13(21)15(26-14)28(22,23)24/h3-4,11-15,19-21H,1-2H3,(H,22,23,24)/t11-,12-,13+,14-,15?/m1/s1. The number of aliphatic hydroxyl groups excluding tert-OH is 3. The molecule has 1 saturated heterocycles. The maximum Gasteiger partial charge on any atom is 0.295 e. The fourth-order valence-corrected chi connectivity index (χ4v) is 3.55. The molecule has 28 heavy (non-hydrogen) atoms. The van der Waals surface area contributed by atoms with E-state index in [1.54, 1.807) is 13.8 Å². The summed E-state index contributed by atoms with van der Waals surface area (Å²) >= 11 is 0. The van der Waals surface area contributed by atoms with Crippen molar-refractivity contribution in [1.82, 2.24) is 10.1 Å². The third kappa shape index (κ3) is 3.72. The van der Waals surface area contributed by atoms with E-state index in [4.69, 9.17) is 18.5 Å². The Morgan fingerprint density at radius 3 is 2.39 bits per heavy atom. The van der Waals surface area contributed by atoms with Gasteiger partial charge in [0.05, 0.1) is 17.5 Å². The van der Waals surface area contributed by atoms with E-state index in [1.807, 2.05) is 0 Å². The number of halogens is 1. The molecule has 1 unspecified atom stereocenters. The molecule has 2 aromatic heterocycles. The van der Waals surface area contributed by atoms with Crippen LogP contribution in [0, 0.1) is 19.7 Å². The van der Waals surface area contributed by atoms with Gasteiger partial charge in [0.1, 0.15) is 35.5 Å². The molecule has 0 saturated carbocycles. The first kappa shape index (κ1) is 20.6. The van der Waals surface area contributed by atoms with Crippen LogP contribution in [0.4, 0.5) is 4.39 Å². The van der Waals surface area contributed by atoms with Crippen LogP contribution in [0.5, 0.6) is 5.75 Å². The summed E-state index contributed by atoms with van der Waals surface area (Å²) in [6, 6.07) is 0.893. The third-order valence-corrected chi connectivity index (χ3v) is 5.13. The van der Waals surface area contributed by atoms with Gasteiger partial charge >= 0.3 is 0 Å². The molecule has 0 radical (unpaired) electrons. The van der Waals surface area contributed by atoms with Gasteiger partial charge in [0.25, 0.3) is 10.1 Å². The number of ether oxygens (including phenoxy) is 2. The topological polar surface area (TPSA) is 172 Å². The highest BCUT2D eigenvalue weighted by atomic mass is 32.2. The normalized spacial score (nSPS) is 28.3. The minimum absolute atomic E-state index is 0.0695. The first-order valence-electron chi connectivity index (χ1n) is 7.92. The molecule has 4 N–H and O–H groups in total. The molecule has 3 rings (SSSR count). The smallest absolute Gasteiger partial charge is 0.295 e. The second-order valence-corrected chi connectivity index (χ2v) is 7.67. The molecule has 2 aromatic rings. The van der Waals surface area contributed by atoms with Gasteiger partial charge < -0.3 is 29.3 Å². The van der Waals surface area contributed by atoms with Crippen LogP contribution in [0.15, 0.2) is 16.8 Å². The van der Waals surface area contributed by atoms with Gasteiger partial charge in [-0.25, -0.2) is 9.37 Å². The molecule has 0 bridgehead atoms. The number of pyridine rings is 1. The zero-order valence-corrected chi connectivity index (χ0v) is 15.4. The third-order valence-electron chi connectivity index (χ3n) is 4.16. The Kier molecular flexibility index (Phi) is 5.40. The van der Waals surface area contributed by atoms with E-state index < -0.39 is 46.0 Å². The summed E-state index contributed by atoms with van der Waals surface area (Å²) in [5.41, 5.74) is -1.57. The Balaban J connectivity index is 1.86. The van der Waals surface area contributed by atoms with Crippen LogP contribution in [0.3, 0.4) is 0 Å². The summed E-state index contributed by atoms with van der Waals surface area (Å²) in [4.78, 5) is 3.92. The van der Waals surface area contributed by atoms with E-state index in [0.29, 0.717) is 17.0 Å². The molecule has 5 atom stereocenters. The number of hydrogen-bond donors (Lipinski definition) is 4. The fourth-order valence-electron chi connectivity index (χ4n) is 2.79. The summed E-state index contributed by atoms with van der Waals surface area (Å²) in [7, 11) is -4.94. The van der Waals surface area contributed by atoms with Gasteiger partial charge in [-0.2, -0.15) is 8.42 Å². The second kappa shape index (κ2) is 7.35. The average molecular weight is 420 g/mol. The van der Waals surface area contributed by atoms with E-state index in [-0.39, 0.29) is 11.4 Å². The van der Waals surface area contributed by atoms with Crippen molar-refractivity contribution in [1.29, 1.82) is 0 Å². The van der Waals surface area contributed by atoms with Crippen LogP contribution in [0.25, 0.3) is 11.3 Å². The average Bonchev–Trinajstić information content (AvgIpc) is 2.93. The molecular weight excluding hydrogens is 403 g/mol. The Bertz CT molecular complexity index is 960. The van der Waals surface area contributed by atoms with Crippen LogP contribution >= 0.6 is 0 Å². The molecule has 3 heterocycles. The maximum absolute atomic E-state index is 14.5. The summed E-state index contributed by atoms with van der Waals surface area (Å²) in [6.07, 6.45) is -6.79. The second-order valence-electron chi connectivity index (χ2n) is 6.18. The predicted octanol–water partition coefficient (Wildman–Crippen LogP) is -0.476. The Labute approximate surface area is 158 Å². The van der Waals surface area contributed by atoms with Crippen molar-refractivity contribution in [2.45, 2.75) is 43.9 Å². The molecular formula is C15H17FN2O9S. The van der Waals surface area contributed by atoms with Crippen molar-refractivity contribution >= 4 is 10.1 Å². The van der Waals surface area contributed by atoms with Crippen LogP contribution in [0.2, 0.25) is 0 Å². The lowest BCUT2D eigenvalue weighted by Crippen LogP contribution is -2.61. The highest BCUT2D eigenvalue weighted by molar-refractivity contribution is 7.86. The lowest BCUT2D eigenvalue weighted by atomic mass is 10.1. The van der Waals surface area contributed by atoms with Crippen molar-refractivity contribution < 1.29 is 46.7 Å². The Morgan fingerprint density at radius 2 is 1.86 bits per heavy atom. The largest absolute Gasteiger partial charge is 0.460 e. The van der Waals surface area contributed by atoms with Gasteiger partial charge in [0, 0.05) is 6.07 Å². The number of aryl methyl sites for hydroxylation is 2. The van der Waals surface area contributed by atoms with Crippen molar-refractivity contribution in [3.05, 3.63) is 29.5 Å². The van der Waals surface area contributed by atoms with E-state index >= 15 is 0 Å². The summed E-state index contributed by atoms with van der Waals surface area (Å²) in [5, 5.41) is 33.1. The van der Waals surface area contributed by atoms with E-state index in [2.05, 4.69) is 10.1 Å². The van der Waals surface area contributed by atoms with Crippen LogP contribution in [-0.2, 0) is 14.9 Å². The van der Waals surface area contributed by atoms with E-state index in [1.165, 1.54) is 0 Å². The zero-order valence-electron chi connectivity index (χ0n) is 14.6. The minimum atomic E-state index is -4.94. The van der Waals surface area contributed by atoms with Gasteiger partial charge in [0.15, 0.2) is 5.82 Å². The minimum Gasteiger partial charge on any atom is -0.460 e. The molecule has 0 aliphatic carbocycles. The lowest BCUT2D eigenvalue weighted by Gasteiger charge is -2.38. The molecule has 1 fully saturated rings. The fraction of sp³-hybridized carbons (Fsp3) is 0.467. The van der Waals surface area contributed by atoms with Crippen molar-refractivity contribution in [2.24, 2.45) is 0 Å². The molecule has 11 nitrogen and oxygen atoms in total. The highest BCUT2D eigenvalue weighted by Crippen LogP contribution is 2.31. The summed E-state index contributed by atoms with van der Waals surface area (Å²) < 4.78 is 61.1. The van der Waals surface area contributed by atoms with Crippen molar-refractivity contribution in [2.75, 3.05) is 0 Å². The Morgan fingerprint density at radius 1 is 1.18 bits per heavy atom. The molecule has 0 amide bonds. The predicted molar refractivity (Wildman–Crippen MR) is 88.0 cm³/mol. The molecule has 1 aliphatic rings. The maximum atomic E-state index is 14.5. The van der Waals surface area contributed by atoms with Gasteiger partial charge in [-0.15, -0.1) is 0 Å². The summed E-state index contributed by atoms with van der Waals surface area (Å²) in [6.45, 7) is 3.18. The van der Waals surface area contributed by atoms with E-state index in [9.17, 15) is 28.1 Å². The Hall–Kier alpha value is -2.16. The molecule has 0 aromatic carbocycles. The number of hydrogen-bond acceptors (Lipinski definition) is 10. The van der Waals surface area contributed by atoms with Gasteiger partial charge in [-0.05, 0) is 13.8 Å². The van der Waals surface area contributed by atoms with Crippen molar-refractivity contribution in [3.63, 3.8) is 0 Å². The molecule has 154 valence electrons. The molecule has 13 heteroatoms. The van der Waals surface area contributed by atoms with Crippen LogP contribution < -0.4 is 4.74 Å². The quantitative estimate of drug-likeness (QED) is 0.471. The van der Waals surface area contributed by atoms with Gasteiger partial charge in [0.2, 0.25) is 11.7 Å². The molecule has 0 spiro atoms. The first-order valence-corrected chi connectivity index (χ1v) is 9.42. The summed E-state index contributed by atoms with van der Waals surface area (Å²) in [5.74, 6) is -0.754. The zero-order chi connectivity index (χ0) is 20.8. The number of rotatable bonds is 4. The lowest BCUT2D eigenvalue weighted by molar-refractivity contribution is -0.254. The monoisotopic (exact) mass is 420 g/mol. The van der Waals surface area contributed by atoms with Gasteiger partial charge in [-0.1, -0.05) is 5.16 Å². The number of aliphatic hydroxyl groups is 3.